The average Bonchev–Trinajstić information content (AvgIpc) is 4.28. The molecular formula is C74H50N2. The standard InChI is InChI=1S/C74H50N2/c1-3-23-49(24-4-1)50-25-21-26-51(47-50)54-29-11-18-41-68(54)76(71-44-22-40-66-72(71)59-33-10-15-37-63(59)73(66)60-34-12-7-30-55(60)56-31-8-13-35-61(56)73)53-45-46-58-57-32-9-14-36-62(57)74(67(58)48-53)64-38-16-19-42-69(64)75(52-27-5-2-6-28-52)70-43-20-17-39-65(70)74/h1-48,66,72H. The SMILES string of the molecule is C1=CC2C(C(N(c3ccc4c(c3)C3(c5ccccc5-4)c4ccccc4N(c4ccccc4)c4ccccc43)c3ccccc3-c3cccc(-c4ccccc4)c3)=C1)c1ccccc1C21c2ccccc2-c2ccccc21. The highest BCUT2D eigenvalue weighted by molar-refractivity contribution is 5.98. The summed E-state index contributed by atoms with van der Waals surface area (Å²) < 4.78 is 0. The molecule has 1 aliphatic heterocycles. The third-order valence-corrected chi connectivity index (χ3v) is 17.6. The molecule has 0 saturated carbocycles. The van der Waals surface area contributed by atoms with Crippen LogP contribution in [0.4, 0.5) is 28.4 Å². The van der Waals surface area contributed by atoms with E-state index in [4.69, 9.17) is 0 Å². The minimum absolute atomic E-state index is 0.0131. The van der Waals surface area contributed by atoms with E-state index in [-0.39, 0.29) is 17.3 Å². The van der Waals surface area contributed by atoms with E-state index in [9.17, 15) is 0 Å². The van der Waals surface area contributed by atoms with Crippen molar-refractivity contribution in [2.24, 2.45) is 5.92 Å². The van der Waals surface area contributed by atoms with Crippen molar-refractivity contribution in [1.82, 2.24) is 0 Å². The maximum Gasteiger partial charge on any atom is 0.0755 e. The maximum absolute atomic E-state index is 2.65. The zero-order chi connectivity index (χ0) is 50.0. The van der Waals surface area contributed by atoms with Gasteiger partial charge in [0.15, 0.2) is 0 Å². The number of anilines is 5. The molecule has 1 heterocycles. The second-order valence-corrected chi connectivity index (χ2v) is 21.0. The van der Waals surface area contributed by atoms with Crippen molar-refractivity contribution in [3.8, 4) is 44.5 Å². The lowest BCUT2D eigenvalue weighted by molar-refractivity contribution is 0.451. The van der Waals surface area contributed by atoms with Crippen molar-refractivity contribution in [3.63, 3.8) is 0 Å². The van der Waals surface area contributed by atoms with E-state index in [1.165, 1.54) is 106 Å². The molecule has 0 amide bonds. The summed E-state index contributed by atoms with van der Waals surface area (Å²) in [4.78, 5) is 5.13. The number of hydrogen-bond acceptors (Lipinski definition) is 2. The van der Waals surface area contributed by atoms with Crippen molar-refractivity contribution >= 4 is 28.4 Å². The van der Waals surface area contributed by atoms with Crippen molar-refractivity contribution in [3.05, 3.63) is 341 Å². The Morgan fingerprint density at radius 1 is 0.355 bits per heavy atom. The summed E-state index contributed by atoms with van der Waals surface area (Å²) in [6.07, 6.45) is 7.33. The predicted octanol–water partition coefficient (Wildman–Crippen LogP) is 18.5. The molecule has 5 aliphatic rings. The fourth-order valence-electron chi connectivity index (χ4n) is 14.8. The fraction of sp³-hybridized carbons (Fsp3) is 0.0541. The third kappa shape index (κ3) is 5.76. The normalized spacial score (nSPS) is 16.9. The molecule has 76 heavy (non-hydrogen) atoms. The third-order valence-electron chi connectivity index (χ3n) is 17.6. The Morgan fingerprint density at radius 3 is 1.57 bits per heavy atom. The summed E-state index contributed by atoms with van der Waals surface area (Å²) in [7, 11) is 0. The molecule has 2 spiro atoms. The number of hydrogen-bond donors (Lipinski definition) is 0. The quantitative estimate of drug-likeness (QED) is 0.164. The minimum atomic E-state index is -0.625. The minimum Gasteiger partial charge on any atom is -0.313 e. The predicted molar refractivity (Wildman–Crippen MR) is 313 cm³/mol. The van der Waals surface area contributed by atoms with Crippen LogP contribution >= 0.6 is 0 Å². The topological polar surface area (TPSA) is 6.48 Å². The Kier molecular flexibility index (Phi) is 9.33. The van der Waals surface area contributed by atoms with E-state index in [0.29, 0.717) is 0 Å². The molecule has 2 atom stereocenters. The van der Waals surface area contributed by atoms with Gasteiger partial charge in [-0.3, -0.25) is 0 Å². The summed E-state index contributed by atoms with van der Waals surface area (Å²) in [5.74, 6) is 0.107. The molecule has 0 bridgehead atoms. The zero-order valence-electron chi connectivity index (χ0n) is 41.8. The lowest BCUT2D eigenvalue weighted by Crippen LogP contribution is -2.36. The highest BCUT2D eigenvalue weighted by atomic mass is 15.2. The Morgan fingerprint density at radius 2 is 0.868 bits per heavy atom. The van der Waals surface area contributed by atoms with E-state index in [1.54, 1.807) is 0 Å². The van der Waals surface area contributed by atoms with Crippen LogP contribution in [0.5, 0.6) is 0 Å². The molecule has 0 aromatic heterocycles. The molecule has 2 heteroatoms. The van der Waals surface area contributed by atoms with E-state index < -0.39 is 5.41 Å². The first-order valence-corrected chi connectivity index (χ1v) is 26.8. The number of para-hydroxylation sites is 4. The highest BCUT2D eigenvalue weighted by Gasteiger charge is 2.59. The summed E-state index contributed by atoms with van der Waals surface area (Å²) in [6, 6.07) is 103. The van der Waals surface area contributed by atoms with Gasteiger partial charge in [-0.25, -0.2) is 0 Å². The summed E-state index contributed by atoms with van der Waals surface area (Å²) in [5.41, 5.74) is 26.7. The van der Waals surface area contributed by atoms with Crippen LogP contribution in [0.3, 0.4) is 0 Å². The number of nitrogens with zero attached hydrogens (tertiary/aromatic N) is 2. The van der Waals surface area contributed by atoms with E-state index >= 15 is 0 Å². The number of allylic oxidation sites excluding steroid dienone is 4. The van der Waals surface area contributed by atoms with Crippen LogP contribution in [0.15, 0.2) is 297 Å². The lowest BCUT2D eigenvalue weighted by Gasteiger charge is -2.45. The van der Waals surface area contributed by atoms with Crippen LogP contribution in [-0.4, -0.2) is 0 Å². The molecule has 0 saturated heterocycles. The van der Waals surface area contributed by atoms with Gasteiger partial charge < -0.3 is 9.80 Å². The molecule has 2 unspecified atom stereocenters. The monoisotopic (exact) mass is 966 g/mol. The molecule has 0 radical (unpaired) electrons. The number of rotatable bonds is 6. The summed E-state index contributed by atoms with van der Waals surface area (Å²) in [6.45, 7) is 0. The summed E-state index contributed by atoms with van der Waals surface area (Å²) in [5, 5.41) is 0. The van der Waals surface area contributed by atoms with Crippen molar-refractivity contribution in [2.45, 2.75) is 16.7 Å². The Balaban J connectivity index is 0.966. The van der Waals surface area contributed by atoms with Crippen LogP contribution in [0, 0.1) is 5.92 Å². The molecule has 16 rings (SSSR count). The average molecular weight is 967 g/mol. The maximum atomic E-state index is 2.65. The van der Waals surface area contributed by atoms with Crippen LogP contribution in [-0.2, 0) is 10.8 Å². The van der Waals surface area contributed by atoms with Crippen LogP contribution in [0.2, 0.25) is 0 Å². The van der Waals surface area contributed by atoms with Crippen LogP contribution in [0.1, 0.15) is 50.4 Å². The van der Waals surface area contributed by atoms with E-state index in [0.717, 1.165) is 17.1 Å². The molecule has 11 aromatic rings. The van der Waals surface area contributed by atoms with Gasteiger partial charge in [-0.05, 0) is 138 Å². The van der Waals surface area contributed by atoms with Crippen molar-refractivity contribution < 1.29 is 0 Å². The van der Waals surface area contributed by atoms with Gasteiger partial charge in [0.1, 0.15) is 0 Å². The van der Waals surface area contributed by atoms with Gasteiger partial charge in [0.05, 0.1) is 27.9 Å². The summed E-state index contributed by atoms with van der Waals surface area (Å²) >= 11 is 0. The van der Waals surface area contributed by atoms with Crippen LogP contribution < -0.4 is 9.80 Å². The van der Waals surface area contributed by atoms with Gasteiger partial charge in [0, 0.05) is 34.5 Å². The first kappa shape index (κ1) is 43.0. The van der Waals surface area contributed by atoms with E-state index in [2.05, 4.69) is 301 Å². The van der Waals surface area contributed by atoms with Crippen molar-refractivity contribution in [2.75, 3.05) is 9.80 Å². The lowest BCUT2D eigenvalue weighted by atomic mass is 9.64. The van der Waals surface area contributed by atoms with Gasteiger partial charge in [0.2, 0.25) is 0 Å². The van der Waals surface area contributed by atoms with Gasteiger partial charge in [0.25, 0.3) is 0 Å². The zero-order valence-corrected chi connectivity index (χ0v) is 41.8. The largest absolute Gasteiger partial charge is 0.313 e. The molecular weight excluding hydrogens is 917 g/mol. The van der Waals surface area contributed by atoms with Gasteiger partial charge in [-0.2, -0.15) is 0 Å². The second kappa shape index (κ2) is 16.5. The Labute approximate surface area is 444 Å². The number of benzene rings is 11. The second-order valence-electron chi connectivity index (χ2n) is 21.0. The molecule has 356 valence electrons. The fourth-order valence-corrected chi connectivity index (χ4v) is 14.8. The molecule has 0 N–H and O–H groups in total. The smallest absolute Gasteiger partial charge is 0.0755 e. The van der Waals surface area contributed by atoms with Crippen LogP contribution in [0.25, 0.3) is 44.5 Å². The Bertz CT molecular complexity index is 4130. The van der Waals surface area contributed by atoms with E-state index in [1.807, 2.05) is 0 Å². The molecule has 11 aromatic carbocycles. The van der Waals surface area contributed by atoms with Gasteiger partial charge >= 0.3 is 0 Å². The highest BCUT2D eigenvalue weighted by Crippen LogP contribution is 2.68. The molecule has 2 nitrogen and oxygen atoms in total. The van der Waals surface area contributed by atoms with Gasteiger partial charge in [-0.1, -0.05) is 237 Å². The first-order chi connectivity index (χ1) is 37.7. The molecule has 0 fully saturated rings. The number of fused-ring (bicyclic) bond motifs is 19. The van der Waals surface area contributed by atoms with Crippen molar-refractivity contribution in [1.29, 1.82) is 0 Å². The Hall–Kier alpha value is -9.50. The van der Waals surface area contributed by atoms with Gasteiger partial charge in [-0.15, -0.1) is 0 Å². The first-order valence-electron chi connectivity index (χ1n) is 26.8. The molecule has 4 aliphatic carbocycles.